The molecular weight excluding hydrogens is 180 g/mol. The van der Waals surface area contributed by atoms with Crippen LogP contribution in [0.5, 0.6) is 0 Å². The molecule has 92 valence electrons. The fraction of sp³-hybridized carbons (Fsp3) is 1.00. The molecule has 0 saturated carbocycles. The lowest BCUT2D eigenvalue weighted by atomic mass is 9.78. The van der Waals surface area contributed by atoms with Crippen LogP contribution in [-0.2, 0) is 0 Å². The summed E-state index contributed by atoms with van der Waals surface area (Å²) in [4.78, 5) is 0. The molecule has 0 aliphatic heterocycles. The van der Waals surface area contributed by atoms with Crippen molar-refractivity contribution >= 4 is 0 Å². The fourth-order valence-corrected chi connectivity index (χ4v) is 2.46. The van der Waals surface area contributed by atoms with Gasteiger partial charge in [-0.3, -0.25) is 0 Å². The minimum absolute atomic E-state index is 0.837. The zero-order chi connectivity index (χ0) is 12.0. The lowest BCUT2D eigenvalue weighted by Crippen LogP contribution is -2.18. The first-order valence-electron chi connectivity index (χ1n) is 6.88. The monoisotopic (exact) mass is 212 g/mol. The van der Waals surface area contributed by atoms with Crippen LogP contribution in [0, 0.1) is 29.6 Å². The van der Waals surface area contributed by atoms with Crippen molar-refractivity contribution in [2.24, 2.45) is 29.6 Å². The van der Waals surface area contributed by atoms with Crippen LogP contribution in [0.15, 0.2) is 0 Å². The van der Waals surface area contributed by atoms with Gasteiger partial charge in [0.1, 0.15) is 0 Å². The first-order valence-corrected chi connectivity index (χ1v) is 6.88. The van der Waals surface area contributed by atoms with Crippen LogP contribution in [0.1, 0.15) is 67.7 Å². The smallest absolute Gasteiger partial charge is 0.0389 e. The Morgan fingerprint density at radius 3 is 1.60 bits per heavy atom. The predicted octanol–water partition coefficient (Wildman–Crippen LogP) is 5.38. The molecule has 0 fully saturated rings. The Balaban J connectivity index is 4.08. The van der Waals surface area contributed by atoms with Gasteiger partial charge in [0.2, 0.25) is 0 Å². The SMILES string of the molecule is CCC(CC(C)C)C(C)CC(C)C(C)C. The molecule has 0 aromatic heterocycles. The van der Waals surface area contributed by atoms with E-state index in [0.717, 1.165) is 29.6 Å². The van der Waals surface area contributed by atoms with E-state index in [1.54, 1.807) is 0 Å². The quantitative estimate of drug-likeness (QED) is 0.531. The molecule has 0 aromatic carbocycles. The average molecular weight is 212 g/mol. The van der Waals surface area contributed by atoms with Crippen LogP contribution < -0.4 is 0 Å². The van der Waals surface area contributed by atoms with E-state index < -0.39 is 0 Å². The van der Waals surface area contributed by atoms with Crippen molar-refractivity contribution in [3.05, 3.63) is 0 Å². The van der Waals surface area contributed by atoms with Gasteiger partial charge in [-0.2, -0.15) is 0 Å². The normalized spacial score (nSPS) is 18.2. The van der Waals surface area contributed by atoms with Gasteiger partial charge in [-0.05, 0) is 42.4 Å². The first-order chi connectivity index (χ1) is 6.88. The van der Waals surface area contributed by atoms with Crippen molar-refractivity contribution in [3.63, 3.8) is 0 Å². The highest BCUT2D eigenvalue weighted by atomic mass is 14.3. The summed E-state index contributed by atoms with van der Waals surface area (Å²) in [5, 5.41) is 0. The zero-order valence-electron chi connectivity index (χ0n) is 12.0. The van der Waals surface area contributed by atoms with Crippen molar-refractivity contribution < 1.29 is 0 Å². The lowest BCUT2D eigenvalue weighted by Gasteiger charge is -2.28. The summed E-state index contributed by atoms with van der Waals surface area (Å²) in [6.07, 6.45) is 4.16. The van der Waals surface area contributed by atoms with Crippen LogP contribution >= 0.6 is 0 Å². The Hall–Kier alpha value is 0. The van der Waals surface area contributed by atoms with E-state index in [4.69, 9.17) is 0 Å². The summed E-state index contributed by atoms with van der Waals surface area (Å²) >= 11 is 0. The minimum atomic E-state index is 0.837. The van der Waals surface area contributed by atoms with Gasteiger partial charge >= 0.3 is 0 Å². The lowest BCUT2D eigenvalue weighted by molar-refractivity contribution is 0.227. The van der Waals surface area contributed by atoms with Crippen LogP contribution in [-0.4, -0.2) is 0 Å². The van der Waals surface area contributed by atoms with E-state index in [-0.39, 0.29) is 0 Å². The summed E-state index contributed by atoms with van der Waals surface area (Å²) in [6, 6.07) is 0. The summed E-state index contributed by atoms with van der Waals surface area (Å²) in [5.41, 5.74) is 0. The third kappa shape index (κ3) is 6.22. The maximum absolute atomic E-state index is 2.45. The topological polar surface area (TPSA) is 0 Å². The van der Waals surface area contributed by atoms with Gasteiger partial charge in [-0.1, -0.05) is 54.9 Å². The molecule has 0 aliphatic carbocycles. The van der Waals surface area contributed by atoms with Crippen LogP contribution in [0.2, 0.25) is 0 Å². The molecule has 0 saturated heterocycles. The average Bonchev–Trinajstić information content (AvgIpc) is 2.13. The Kier molecular flexibility index (Phi) is 7.30. The second-order valence-corrected chi connectivity index (χ2v) is 6.23. The molecule has 0 N–H and O–H groups in total. The zero-order valence-corrected chi connectivity index (χ0v) is 12.0. The second-order valence-electron chi connectivity index (χ2n) is 6.23. The van der Waals surface area contributed by atoms with E-state index in [2.05, 4.69) is 48.5 Å². The van der Waals surface area contributed by atoms with Gasteiger partial charge in [-0.25, -0.2) is 0 Å². The Morgan fingerprint density at radius 2 is 1.27 bits per heavy atom. The highest BCUT2D eigenvalue weighted by molar-refractivity contribution is 4.70. The van der Waals surface area contributed by atoms with Gasteiger partial charge in [0.05, 0.1) is 0 Å². The fourth-order valence-electron chi connectivity index (χ4n) is 2.46. The third-order valence-corrected chi connectivity index (χ3v) is 3.98. The third-order valence-electron chi connectivity index (χ3n) is 3.98. The van der Waals surface area contributed by atoms with Crippen molar-refractivity contribution in [1.29, 1.82) is 0 Å². The van der Waals surface area contributed by atoms with Crippen LogP contribution in [0.25, 0.3) is 0 Å². The van der Waals surface area contributed by atoms with E-state index in [0.29, 0.717) is 0 Å². The van der Waals surface area contributed by atoms with E-state index in [1.807, 2.05) is 0 Å². The molecular formula is C15H32. The molecule has 0 radical (unpaired) electrons. The molecule has 0 bridgehead atoms. The molecule has 0 rings (SSSR count). The number of hydrogen-bond acceptors (Lipinski definition) is 0. The van der Waals surface area contributed by atoms with Crippen LogP contribution in [0.3, 0.4) is 0 Å². The highest BCUT2D eigenvalue weighted by Crippen LogP contribution is 2.30. The number of hydrogen-bond donors (Lipinski definition) is 0. The summed E-state index contributed by atoms with van der Waals surface area (Å²) < 4.78 is 0. The Bertz CT molecular complexity index is 146. The molecule has 3 unspecified atom stereocenters. The molecule has 0 aliphatic rings. The predicted molar refractivity (Wildman–Crippen MR) is 71.0 cm³/mol. The standard InChI is InChI=1S/C15H32/c1-8-15(9-11(2)3)14(7)10-13(6)12(4)5/h11-15H,8-10H2,1-7H3. The van der Waals surface area contributed by atoms with Crippen LogP contribution in [0.4, 0.5) is 0 Å². The molecule has 3 atom stereocenters. The van der Waals surface area contributed by atoms with E-state index in [1.165, 1.54) is 19.3 Å². The molecule has 0 heterocycles. The largest absolute Gasteiger partial charge is 0.0651 e. The van der Waals surface area contributed by atoms with Crippen molar-refractivity contribution in [2.45, 2.75) is 67.7 Å². The molecule has 0 amide bonds. The minimum Gasteiger partial charge on any atom is -0.0651 e. The van der Waals surface area contributed by atoms with Crippen molar-refractivity contribution in [2.75, 3.05) is 0 Å². The highest BCUT2D eigenvalue weighted by Gasteiger charge is 2.20. The first kappa shape index (κ1) is 15.0. The molecule has 0 spiro atoms. The van der Waals surface area contributed by atoms with Gasteiger partial charge in [0.15, 0.2) is 0 Å². The number of rotatable bonds is 7. The molecule has 0 aromatic rings. The second kappa shape index (κ2) is 7.30. The van der Waals surface area contributed by atoms with Crippen molar-refractivity contribution in [1.82, 2.24) is 0 Å². The van der Waals surface area contributed by atoms with E-state index in [9.17, 15) is 0 Å². The summed E-state index contributed by atoms with van der Waals surface area (Å²) in [7, 11) is 0. The molecule has 0 nitrogen and oxygen atoms in total. The van der Waals surface area contributed by atoms with Crippen molar-refractivity contribution in [3.8, 4) is 0 Å². The Morgan fingerprint density at radius 1 is 0.733 bits per heavy atom. The van der Waals surface area contributed by atoms with Gasteiger partial charge < -0.3 is 0 Å². The van der Waals surface area contributed by atoms with E-state index >= 15 is 0 Å². The van der Waals surface area contributed by atoms with Gasteiger partial charge in [-0.15, -0.1) is 0 Å². The maximum atomic E-state index is 2.45. The molecule has 15 heavy (non-hydrogen) atoms. The Labute approximate surface area is 97.8 Å². The summed E-state index contributed by atoms with van der Waals surface area (Å²) in [5.74, 6) is 4.40. The summed E-state index contributed by atoms with van der Waals surface area (Å²) in [6.45, 7) is 16.6. The maximum Gasteiger partial charge on any atom is -0.0389 e. The van der Waals surface area contributed by atoms with Gasteiger partial charge in [0.25, 0.3) is 0 Å². The van der Waals surface area contributed by atoms with Gasteiger partial charge in [0, 0.05) is 0 Å². The molecule has 0 heteroatoms.